The minimum Gasteiger partial charge on any atom is -0.380 e. The highest BCUT2D eigenvalue weighted by molar-refractivity contribution is 5.96. The molecule has 0 heterocycles. The zero-order valence-corrected chi connectivity index (χ0v) is 11.7. The minimum atomic E-state index is -0.451. The van der Waals surface area contributed by atoms with Crippen LogP contribution >= 0.6 is 0 Å². The van der Waals surface area contributed by atoms with E-state index in [0.717, 1.165) is 12.8 Å². The first-order valence-electron chi connectivity index (χ1n) is 6.90. The van der Waals surface area contributed by atoms with Gasteiger partial charge < -0.3 is 10.6 Å². The molecule has 0 saturated heterocycles. The van der Waals surface area contributed by atoms with Crippen molar-refractivity contribution in [1.29, 1.82) is 0 Å². The van der Waals surface area contributed by atoms with Gasteiger partial charge in [-0.25, -0.2) is 0 Å². The Hall–Kier alpha value is -2.11. The van der Waals surface area contributed by atoms with Crippen molar-refractivity contribution in [1.82, 2.24) is 5.32 Å². The monoisotopic (exact) mass is 277 g/mol. The van der Waals surface area contributed by atoms with Gasteiger partial charge in [0.05, 0.1) is 4.92 Å². The molecule has 2 atom stereocenters. The summed E-state index contributed by atoms with van der Waals surface area (Å²) in [4.78, 5) is 22.5. The maximum atomic E-state index is 12.1. The van der Waals surface area contributed by atoms with Crippen LogP contribution in [0.1, 0.15) is 37.0 Å². The fourth-order valence-electron chi connectivity index (χ4n) is 2.30. The predicted octanol–water partition coefficient (Wildman–Crippen LogP) is 2.55. The number of nitro groups is 1. The lowest BCUT2D eigenvalue weighted by atomic mass is 10.1. The van der Waals surface area contributed by atoms with Crippen molar-refractivity contribution in [2.75, 3.05) is 11.9 Å². The molecule has 1 aromatic rings. The molecule has 0 aliphatic heterocycles. The van der Waals surface area contributed by atoms with E-state index < -0.39 is 4.92 Å². The van der Waals surface area contributed by atoms with Crippen molar-refractivity contribution in [2.45, 2.75) is 32.7 Å². The van der Waals surface area contributed by atoms with E-state index in [9.17, 15) is 14.9 Å². The van der Waals surface area contributed by atoms with E-state index >= 15 is 0 Å². The third kappa shape index (κ3) is 3.07. The first kappa shape index (κ1) is 14.3. The number of hydrogen-bond donors (Lipinski definition) is 2. The Labute approximate surface area is 117 Å². The molecule has 6 heteroatoms. The van der Waals surface area contributed by atoms with Gasteiger partial charge in [-0.05, 0) is 31.4 Å². The zero-order chi connectivity index (χ0) is 14.7. The molecule has 1 aliphatic rings. The van der Waals surface area contributed by atoms with Crippen LogP contribution in [0.3, 0.4) is 0 Å². The van der Waals surface area contributed by atoms with E-state index in [1.807, 2.05) is 6.92 Å². The van der Waals surface area contributed by atoms with Gasteiger partial charge >= 0.3 is 0 Å². The summed E-state index contributed by atoms with van der Waals surface area (Å²) in [6.45, 7) is 4.52. The van der Waals surface area contributed by atoms with Gasteiger partial charge in [0, 0.05) is 24.2 Å². The van der Waals surface area contributed by atoms with Crippen LogP contribution in [0, 0.1) is 16.0 Å². The first-order chi connectivity index (χ1) is 9.56. The van der Waals surface area contributed by atoms with E-state index in [1.54, 1.807) is 6.07 Å². The second-order valence-corrected chi connectivity index (χ2v) is 5.00. The number of hydrogen-bond acceptors (Lipinski definition) is 4. The van der Waals surface area contributed by atoms with Crippen LogP contribution in [-0.4, -0.2) is 23.4 Å². The van der Waals surface area contributed by atoms with Crippen LogP contribution in [0.15, 0.2) is 18.2 Å². The number of nitrogens with zero attached hydrogens (tertiary/aromatic N) is 1. The Bertz CT molecular complexity index is 530. The van der Waals surface area contributed by atoms with Crippen LogP contribution in [0.5, 0.6) is 0 Å². The number of nitrogens with one attached hydrogen (secondary N) is 2. The molecule has 0 spiro atoms. The Balaban J connectivity index is 2.13. The zero-order valence-electron chi connectivity index (χ0n) is 11.7. The van der Waals surface area contributed by atoms with Crippen molar-refractivity contribution >= 4 is 17.3 Å². The molecule has 1 aliphatic carbocycles. The second-order valence-electron chi connectivity index (χ2n) is 5.00. The van der Waals surface area contributed by atoms with Crippen LogP contribution in [-0.2, 0) is 0 Å². The number of rotatable bonds is 6. The number of anilines is 1. The highest BCUT2D eigenvalue weighted by Crippen LogP contribution is 2.33. The van der Waals surface area contributed by atoms with Crippen LogP contribution in [0.2, 0.25) is 0 Å². The van der Waals surface area contributed by atoms with Crippen molar-refractivity contribution < 1.29 is 9.72 Å². The SMILES string of the molecule is CCNc1cc(C(=O)NC2CC2CC)ccc1[N+](=O)[O-]. The Morgan fingerprint density at radius 1 is 1.45 bits per heavy atom. The van der Waals surface area contributed by atoms with E-state index in [4.69, 9.17) is 0 Å². The van der Waals surface area contributed by atoms with Gasteiger partial charge in [0.1, 0.15) is 5.69 Å². The standard InChI is InChI=1S/C14H19N3O3/c1-3-9-7-11(9)16-14(18)10-5-6-13(17(19)20)12(8-10)15-4-2/h5-6,8-9,11,15H,3-4,7H2,1-2H3,(H,16,18). The maximum absolute atomic E-state index is 12.1. The lowest BCUT2D eigenvalue weighted by Gasteiger charge is -2.08. The number of benzene rings is 1. The number of nitro benzene ring substituents is 1. The molecule has 1 amide bonds. The number of carbonyl (C=O) groups excluding carboxylic acids is 1. The largest absolute Gasteiger partial charge is 0.380 e. The van der Waals surface area contributed by atoms with Gasteiger partial charge in [-0.3, -0.25) is 14.9 Å². The van der Waals surface area contributed by atoms with Gasteiger partial charge in [0.25, 0.3) is 11.6 Å². The molecule has 0 bridgehead atoms. The second kappa shape index (κ2) is 5.90. The van der Waals surface area contributed by atoms with Gasteiger partial charge in [-0.15, -0.1) is 0 Å². The van der Waals surface area contributed by atoms with Gasteiger partial charge in [-0.2, -0.15) is 0 Å². The molecule has 2 N–H and O–H groups in total. The first-order valence-corrected chi connectivity index (χ1v) is 6.90. The van der Waals surface area contributed by atoms with Crippen molar-refractivity contribution in [3.63, 3.8) is 0 Å². The van der Waals surface area contributed by atoms with Gasteiger partial charge in [0.15, 0.2) is 0 Å². The van der Waals surface area contributed by atoms with Crippen molar-refractivity contribution in [3.8, 4) is 0 Å². The summed E-state index contributed by atoms with van der Waals surface area (Å²) in [5.74, 6) is 0.408. The van der Waals surface area contributed by atoms with Crippen molar-refractivity contribution in [3.05, 3.63) is 33.9 Å². The summed E-state index contributed by atoms with van der Waals surface area (Å²) < 4.78 is 0. The number of amides is 1. The Morgan fingerprint density at radius 3 is 2.75 bits per heavy atom. The third-order valence-corrected chi connectivity index (χ3v) is 3.59. The summed E-state index contributed by atoms with van der Waals surface area (Å²) in [6, 6.07) is 4.67. The normalized spacial score (nSPS) is 20.3. The molecule has 1 saturated carbocycles. The van der Waals surface area contributed by atoms with Crippen LogP contribution < -0.4 is 10.6 Å². The van der Waals surface area contributed by atoms with Crippen LogP contribution in [0.4, 0.5) is 11.4 Å². The average Bonchev–Trinajstić information content (AvgIpc) is 3.17. The Kier molecular flexibility index (Phi) is 4.22. The lowest BCUT2D eigenvalue weighted by molar-refractivity contribution is -0.384. The molecule has 1 aromatic carbocycles. The Morgan fingerprint density at radius 2 is 2.20 bits per heavy atom. The highest BCUT2D eigenvalue weighted by atomic mass is 16.6. The van der Waals surface area contributed by atoms with Crippen molar-refractivity contribution in [2.24, 2.45) is 5.92 Å². The molecule has 0 radical (unpaired) electrons. The fourth-order valence-corrected chi connectivity index (χ4v) is 2.30. The molecule has 2 rings (SSSR count). The molecule has 1 fully saturated rings. The van der Waals surface area contributed by atoms with E-state index in [2.05, 4.69) is 17.6 Å². The van der Waals surface area contributed by atoms with E-state index in [-0.39, 0.29) is 17.6 Å². The quantitative estimate of drug-likeness (QED) is 0.618. The molecular formula is C14H19N3O3. The molecular weight excluding hydrogens is 258 g/mol. The smallest absolute Gasteiger partial charge is 0.292 e. The number of carbonyl (C=O) groups is 1. The summed E-state index contributed by atoms with van der Waals surface area (Å²) in [6.07, 6.45) is 2.09. The van der Waals surface area contributed by atoms with Crippen LogP contribution in [0.25, 0.3) is 0 Å². The molecule has 0 aromatic heterocycles. The van der Waals surface area contributed by atoms with Gasteiger partial charge in [-0.1, -0.05) is 13.3 Å². The summed E-state index contributed by atoms with van der Waals surface area (Å²) >= 11 is 0. The summed E-state index contributed by atoms with van der Waals surface area (Å²) in [5, 5.41) is 16.8. The average molecular weight is 277 g/mol. The molecule has 108 valence electrons. The minimum absolute atomic E-state index is 0.0127. The maximum Gasteiger partial charge on any atom is 0.292 e. The molecule has 2 unspecified atom stereocenters. The fraction of sp³-hybridized carbons (Fsp3) is 0.500. The highest BCUT2D eigenvalue weighted by Gasteiger charge is 2.36. The lowest BCUT2D eigenvalue weighted by Crippen LogP contribution is -2.26. The molecule has 20 heavy (non-hydrogen) atoms. The van der Waals surface area contributed by atoms with Gasteiger partial charge in [0.2, 0.25) is 0 Å². The topological polar surface area (TPSA) is 84.3 Å². The van der Waals surface area contributed by atoms with E-state index in [1.165, 1.54) is 12.1 Å². The molecule has 6 nitrogen and oxygen atoms in total. The third-order valence-electron chi connectivity index (χ3n) is 3.59. The predicted molar refractivity (Wildman–Crippen MR) is 76.9 cm³/mol. The van der Waals surface area contributed by atoms with E-state index in [0.29, 0.717) is 23.7 Å². The summed E-state index contributed by atoms with van der Waals surface area (Å²) in [7, 11) is 0. The summed E-state index contributed by atoms with van der Waals surface area (Å²) in [5.41, 5.74) is 0.822.